The van der Waals surface area contributed by atoms with Crippen molar-refractivity contribution < 1.29 is 0 Å². The van der Waals surface area contributed by atoms with Crippen LogP contribution in [0.15, 0.2) is 72.1 Å². The van der Waals surface area contributed by atoms with E-state index in [9.17, 15) is 0 Å². The molecule has 0 saturated heterocycles. The van der Waals surface area contributed by atoms with Crippen LogP contribution >= 0.6 is 0 Å². The molecular formula is C34H66GeSi8. The zero-order chi connectivity index (χ0) is 33.5. The molecule has 0 unspecified atom stereocenters. The van der Waals surface area contributed by atoms with Gasteiger partial charge in [-0.25, -0.2) is 0 Å². The van der Waals surface area contributed by atoms with Gasteiger partial charge in [0, 0.05) is 0 Å². The number of rotatable bonds is 12. The third-order valence-electron chi connectivity index (χ3n) is 10.3. The quantitative estimate of drug-likeness (QED) is 0.189. The van der Waals surface area contributed by atoms with Crippen LogP contribution in [0.2, 0.25) is 118 Å². The SMILES string of the molecule is C[Si](C)(C)[Si](/C=[C](/[Ge]/[C](=C/[Si]([Si](C)(C)C)([Si](C)(C)C)[Si](C)(C)C)c1ccccc1)c1ccccc1)([Si](C)(C)C)[Si](C)(C)C. The summed E-state index contributed by atoms with van der Waals surface area (Å²) in [4.78, 5) is 0. The maximum atomic E-state index is 3.14. The third kappa shape index (κ3) is 8.02. The van der Waals surface area contributed by atoms with Crippen LogP contribution in [0.25, 0.3) is 8.81 Å². The van der Waals surface area contributed by atoms with Crippen LogP contribution in [0.3, 0.4) is 0 Å². The second-order valence-electron chi connectivity index (χ2n) is 19.1. The molecule has 0 aliphatic rings. The van der Waals surface area contributed by atoms with Crippen molar-refractivity contribution in [2.75, 3.05) is 0 Å². The van der Waals surface area contributed by atoms with Crippen LogP contribution < -0.4 is 0 Å². The summed E-state index contributed by atoms with van der Waals surface area (Å²) in [6.07, 6.45) is 0. The van der Waals surface area contributed by atoms with Gasteiger partial charge in [0.2, 0.25) is 0 Å². The molecule has 0 aromatic heterocycles. The average molecular weight is 772 g/mol. The van der Waals surface area contributed by atoms with E-state index in [0.29, 0.717) is 0 Å². The second kappa shape index (κ2) is 13.4. The summed E-state index contributed by atoms with van der Waals surface area (Å²) in [6.45, 7) is 46.2. The molecular weight excluding hydrogens is 706 g/mol. The standard InChI is InChI=1S/C34H66GeSi8/c1-36(2,3)42(37(4,5)6,38(7,8)9)29-33(31-25-21-19-22-26-31)35-34(32-27-23-20-24-28-32)30-43(39(10,11)12,40(13,14)15)41(16,17)18/h19-30H,1-18H3/b33-29+,34-30+. The van der Waals surface area contributed by atoms with Gasteiger partial charge in [-0.1, -0.05) is 0 Å². The first kappa shape index (κ1) is 39.4. The maximum absolute atomic E-state index is 3.14. The summed E-state index contributed by atoms with van der Waals surface area (Å²) in [5.74, 6) is 0. The van der Waals surface area contributed by atoms with E-state index in [1.165, 1.54) is 11.1 Å². The molecule has 0 fully saturated rings. The van der Waals surface area contributed by atoms with E-state index in [4.69, 9.17) is 0 Å². The van der Waals surface area contributed by atoms with Gasteiger partial charge < -0.3 is 0 Å². The van der Waals surface area contributed by atoms with Crippen molar-refractivity contribution in [2.45, 2.75) is 118 Å². The molecule has 9 heteroatoms. The fraction of sp³-hybridized carbons (Fsp3) is 0.529. The summed E-state index contributed by atoms with van der Waals surface area (Å²) >= 11 is -0.558. The van der Waals surface area contributed by atoms with E-state index in [0.717, 1.165) is 0 Å². The molecule has 2 aromatic rings. The van der Waals surface area contributed by atoms with Gasteiger partial charge in [-0.15, -0.1) is 0 Å². The summed E-state index contributed by atoms with van der Waals surface area (Å²) in [5, 5.41) is 0. The molecule has 0 aliphatic carbocycles. The van der Waals surface area contributed by atoms with E-state index in [-0.39, 0.29) is 0 Å². The van der Waals surface area contributed by atoms with Crippen molar-refractivity contribution >= 4 is 83.0 Å². The van der Waals surface area contributed by atoms with E-state index in [1.54, 1.807) is 8.81 Å². The Morgan fingerprint density at radius 3 is 0.767 bits per heavy atom. The Labute approximate surface area is 282 Å². The molecule has 2 radical (unpaired) electrons. The fourth-order valence-corrected chi connectivity index (χ4v) is 211. The van der Waals surface area contributed by atoms with Gasteiger partial charge in [0.05, 0.1) is 0 Å². The predicted octanol–water partition coefficient (Wildman–Crippen LogP) is 11.2. The summed E-state index contributed by atoms with van der Waals surface area (Å²) in [6, 6.07) is 23.4. The van der Waals surface area contributed by atoms with E-state index >= 15 is 0 Å². The van der Waals surface area contributed by atoms with E-state index in [1.807, 2.05) is 0 Å². The fourth-order valence-electron chi connectivity index (χ4n) is 10.2. The normalized spacial score (nSPS) is 15.6. The molecule has 0 amide bonds. The van der Waals surface area contributed by atoms with Crippen molar-refractivity contribution in [2.24, 2.45) is 0 Å². The number of benzene rings is 2. The van der Waals surface area contributed by atoms with Gasteiger partial charge in [-0.2, -0.15) is 0 Å². The van der Waals surface area contributed by atoms with E-state index in [2.05, 4.69) is 190 Å². The van der Waals surface area contributed by atoms with Gasteiger partial charge >= 0.3 is 284 Å². The second-order valence-corrected chi connectivity index (χ2v) is 103. The van der Waals surface area contributed by atoms with Gasteiger partial charge in [0.15, 0.2) is 0 Å². The molecule has 0 bridgehead atoms. The van der Waals surface area contributed by atoms with Crippen LogP contribution in [-0.4, -0.2) is 74.2 Å². The van der Waals surface area contributed by atoms with Crippen LogP contribution in [-0.2, 0) is 0 Å². The first-order chi connectivity index (χ1) is 19.1. The Morgan fingerprint density at radius 1 is 0.372 bits per heavy atom. The Bertz CT molecular complexity index is 1100. The van der Waals surface area contributed by atoms with E-state index < -0.39 is 74.2 Å². The summed E-state index contributed by atoms with van der Waals surface area (Å²) in [7, 11) is -8.73. The van der Waals surface area contributed by atoms with Crippen LogP contribution in [0.4, 0.5) is 0 Å². The first-order valence-electron chi connectivity index (χ1n) is 16.5. The molecule has 0 atom stereocenters. The molecule has 43 heavy (non-hydrogen) atoms. The van der Waals surface area contributed by atoms with Crippen molar-refractivity contribution in [1.29, 1.82) is 0 Å². The molecule has 2 rings (SSSR count). The van der Waals surface area contributed by atoms with Crippen molar-refractivity contribution in [3.8, 4) is 0 Å². The van der Waals surface area contributed by atoms with Gasteiger partial charge in [-0.3, -0.25) is 0 Å². The monoisotopic (exact) mass is 772 g/mol. The summed E-state index contributed by atoms with van der Waals surface area (Å²) < 4.78 is 3.55. The van der Waals surface area contributed by atoms with Crippen LogP contribution in [0, 0.1) is 0 Å². The van der Waals surface area contributed by atoms with Gasteiger partial charge in [0.1, 0.15) is 0 Å². The Kier molecular flexibility index (Phi) is 12.2. The minimum atomic E-state index is -1.69. The van der Waals surface area contributed by atoms with Crippen molar-refractivity contribution in [3.05, 3.63) is 83.2 Å². The first-order valence-corrected chi connectivity index (χ1v) is 49.7. The topological polar surface area (TPSA) is 0 Å². The number of hydrogen-bond acceptors (Lipinski definition) is 0. The molecule has 0 saturated carbocycles. The molecule has 2 aromatic carbocycles. The molecule has 0 spiro atoms. The molecule has 0 N–H and O–H groups in total. The Hall–Kier alpha value is 0.198. The zero-order valence-electron chi connectivity index (χ0n) is 31.4. The minimum absolute atomic E-state index is 0.558. The Morgan fingerprint density at radius 2 is 0.581 bits per heavy atom. The predicted molar refractivity (Wildman–Crippen MR) is 226 cm³/mol. The summed E-state index contributed by atoms with van der Waals surface area (Å²) in [5.41, 5.74) is 9.34. The van der Waals surface area contributed by atoms with Crippen molar-refractivity contribution in [3.63, 3.8) is 0 Å². The molecule has 238 valence electrons. The Balaban J connectivity index is 3.19. The van der Waals surface area contributed by atoms with Gasteiger partial charge in [-0.05, 0) is 0 Å². The average Bonchev–Trinajstić information content (AvgIpc) is 2.79. The number of hydrogen-bond donors (Lipinski definition) is 0. The zero-order valence-corrected chi connectivity index (χ0v) is 41.5. The molecule has 0 heterocycles. The van der Waals surface area contributed by atoms with Gasteiger partial charge in [0.25, 0.3) is 0 Å². The van der Waals surface area contributed by atoms with Crippen molar-refractivity contribution in [1.82, 2.24) is 0 Å². The molecule has 0 aliphatic heterocycles. The van der Waals surface area contributed by atoms with Crippen LogP contribution in [0.1, 0.15) is 11.1 Å². The molecule has 0 nitrogen and oxygen atoms in total. The van der Waals surface area contributed by atoms with Crippen LogP contribution in [0.5, 0.6) is 0 Å². The third-order valence-corrected chi connectivity index (χ3v) is 156.